The van der Waals surface area contributed by atoms with E-state index in [0.29, 0.717) is 16.7 Å². The van der Waals surface area contributed by atoms with Gasteiger partial charge in [0.05, 0.1) is 5.60 Å². The van der Waals surface area contributed by atoms with E-state index in [-0.39, 0.29) is 5.91 Å². The number of carbonyl (C=O) groups excluding carboxylic acids is 1. The Labute approximate surface area is 136 Å². The van der Waals surface area contributed by atoms with Gasteiger partial charge in [-0.25, -0.2) is 0 Å². The normalized spacial score (nSPS) is 15.4. The van der Waals surface area contributed by atoms with Gasteiger partial charge in [0.25, 0.3) is 5.91 Å². The van der Waals surface area contributed by atoms with Crippen molar-refractivity contribution in [3.05, 3.63) is 59.2 Å². The molecule has 2 aromatic rings. The van der Waals surface area contributed by atoms with Crippen molar-refractivity contribution in [2.45, 2.75) is 32.8 Å². The molecule has 0 bridgehead atoms. The van der Waals surface area contributed by atoms with Gasteiger partial charge in [-0.05, 0) is 61.1 Å². The summed E-state index contributed by atoms with van der Waals surface area (Å²) in [5.74, 6) is -0.166. The Morgan fingerprint density at radius 1 is 1.22 bits per heavy atom. The minimum Gasteiger partial charge on any atom is -0.423 e. The molecule has 0 radical (unpaired) electrons. The fourth-order valence-corrected chi connectivity index (χ4v) is 2.89. The van der Waals surface area contributed by atoms with E-state index >= 15 is 0 Å². The fourth-order valence-electron chi connectivity index (χ4n) is 2.89. The first-order chi connectivity index (χ1) is 10.9. The van der Waals surface area contributed by atoms with Crippen LogP contribution in [0.25, 0.3) is 0 Å². The van der Waals surface area contributed by atoms with Crippen molar-refractivity contribution in [3.63, 3.8) is 0 Å². The molecule has 0 unspecified atom stereocenters. The van der Waals surface area contributed by atoms with E-state index in [1.807, 2.05) is 50.2 Å². The Hall–Kier alpha value is -2.11. The summed E-state index contributed by atoms with van der Waals surface area (Å²) in [5, 5.41) is 12.9. The molecule has 23 heavy (non-hydrogen) atoms. The van der Waals surface area contributed by atoms with Crippen LogP contribution in [0.15, 0.2) is 42.5 Å². The van der Waals surface area contributed by atoms with Crippen molar-refractivity contribution in [1.82, 2.24) is 0 Å². The summed E-state index contributed by atoms with van der Waals surface area (Å²) in [5.41, 5.74) is 3.58. The molecule has 118 valence electrons. The summed E-state index contributed by atoms with van der Waals surface area (Å²) in [6.07, 6.45) is 0.945. The molecule has 2 N–H and O–H groups in total. The van der Waals surface area contributed by atoms with Gasteiger partial charge in [0.1, 0.15) is 0 Å². The predicted molar refractivity (Wildman–Crippen MR) is 91.9 cm³/mol. The van der Waals surface area contributed by atoms with E-state index in [1.165, 1.54) is 5.56 Å². The number of benzene rings is 2. The maximum absolute atomic E-state index is 12.3. The quantitative estimate of drug-likeness (QED) is 0.856. The van der Waals surface area contributed by atoms with Gasteiger partial charge in [-0.2, -0.15) is 0 Å². The van der Waals surface area contributed by atoms with Crippen molar-refractivity contribution in [1.29, 1.82) is 0 Å². The lowest BCUT2D eigenvalue weighted by atomic mass is 9.78. The zero-order chi connectivity index (χ0) is 16.6. The lowest BCUT2D eigenvalue weighted by molar-refractivity contribution is 0.101. The standard InChI is InChI=1S/C18H20BNO3/c1-4-12-5-7-13(8-6-12)17(21)20-14-9-10-15-16(11-14)19(22)23-18(15,2)3/h5-11,22H,4H2,1-3H3,(H,20,21). The molecule has 0 saturated heterocycles. The van der Waals surface area contributed by atoms with Crippen molar-refractivity contribution in [2.24, 2.45) is 0 Å². The Bertz CT molecular complexity index is 740. The second kappa shape index (κ2) is 5.83. The summed E-state index contributed by atoms with van der Waals surface area (Å²) in [6, 6.07) is 13.1. The highest BCUT2D eigenvalue weighted by molar-refractivity contribution is 6.62. The van der Waals surface area contributed by atoms with Crippen LogP contribution in [0.5, 0.6) is 0 Å². The Morgan fingerprint density at radius 3 is 2.57 bits per heavy atom. The number of aryl methyl sites for hydroxylation is 1. The van der Waals surface area contributed by atoms with Crippen LogP contribution < -0.4 is 10.8 Å². The molecule has 5 heteroatoms. The third kappa shape index (κ3) is 3.02. The van der Waals surface area contributed by atoms with Gasteiger partial charge in [-0.15, -0.1) is 0 Å². The minimum absolute atomic E-state index is 0.166. The fraction of sp³-hybridized carbons (Fsp3) is 0.278. The van der Waals surface area contributed by atoms with Crippen LogP contribution in [0.1, 0.15) is 42.3 Å². The molecule has 0 spiro atoms. The SMILES string of the molecule is CCc1ccc(C(=O)Nc2ccc3c(c2)B(O)OC3(C)C)cc1. The second-order valence-corrected chi connectivity index (χ2v) is 6.29. The molecule has 0 aliphatic carbocycles. The Morgan fingerprint density at radius 2 is 1.91 bits per heavy atom. The number of carbonyl (C=O) groups is 1. The van der Waals surface area contributed by atoms with Gasteiger partial charge in [0.15, 0.2) is 0 Å². The molecule has 3 rings (SSSR count). The Kier molecular flexibility index (Phi) is 4.00. The van der Waals surface area contributed by atoms with Crippen LogP contribution in [0.2, 0.25) is 0 Å². The predicted octanol–water partition coefficient (Wildman–Crippen LogP) is 2.45. The van der Waals surface area contributed by atoms with Gasteiger partial charge >= 0.3 is 7.12 Å². The van der Waals surface area contributed by atoms with Crippen LogP contribution in [-0.2, 0) is 16.7 Å². The van der Waals surface area contributed by atoms with E-state index in [2.05, 4.69) is 12.2 Å². The summed E-state index contributed by atoms with van der Waals surface area (Å²) < 4.78 is 5.53. The molecule has 1 aliphatic heterocycles. The van der Waals surface area contributed by atoms with Crippen LogP contribution in [0.4, 0.5) is 5.69 Å². The first-order valence-corrected chi connectivity index (χ1v) is 7.81. The van der Waals surface area contributed by atoms with Gasteiger partial charge in [-0.3, -0.25) is 4.79 Å². The topological polar surface area (TPSA) is 58.6 Å². The zero-order valence-corrected chi connectivity index (χ0v) is 13.6. The van der Waals surface area contributed by atoms with E-state index in [9.17, 15) is 9.82 Å². The number of hydrogen-bond donors (Lipinski definition) is 2. The first-order valence-electron chi connectivity index (χ1n) is 7.81. The molecule has 1 heterocycles. The lowest BCUT2D eigenvalue weighted by Gasteiger charge is -2.19. The summed E-state index contributed by atoms with van der Waals surface area (Å²) in [4.78, 5) is 12.3. The Balaban J connectivity index is 1.81. The molecular weight excluding hydrogens is 289 g/mol. The number of anilines is 1. The molecule has 1 amide bonds. The second-order valence-electron chi connectivity index (χ2n) is 6.29. The van der Waals surface area contributed by atoms with Gasteiger partial charge in [0, 0.05) is 11.3 Å². The summed E-state index contributed by atoms with van der Waals surface area (Å²) >= 11 is 0. The zero-order valence-electron chi connectivity index (χ0n) is 13.6. The van der Waals surface area contributed by atoms with Crippen LogP contribution in [0.3, 0.4) is 0 Å². The van der Waals surface area contributed by atoms with E-state index in [4.69, 9.17) is 4.65 Å². The maximum atomic E-state index is 12.3. The molecule has 0 fully saturated rings. The maximum Gasteiger partial charge on any atom is 0.492 e. The molecule has 0 atom stereocenters. The highest BCUT2D eigenvalue weighted by Gasteiger charge is 2.40. The molecule has 0 aromatic heterocycles. The summed E-state index contributed by atoms with van der Waals surface area (Å²) in [7, 11) is -0.958. The third-order valence-electron chi connectivity index (χ3n) is 4.25. The van der Waals surface area contributed by atoms with Crippen molar-refractivity contribution in [3.8, 4) is 0 Å². The number of hydrogen-bond acceptors (Lipinski definition) is 3. The summed E-state index contributed by atoms with van der Waals surface area (Å²) in [6.45, 7) is 5.90. The molecule has 2 aromatic carbocycles. The number of fused-ring (bicyclic) bond motifs is 1. The third-order valence-corrected chi connectivity index (χ3v) is 4.25. The number of nitrogens with one attached hydrogen (secondary N) is 1. The van der Waals surface area contributed by atoms with Gasteiger partial charge < -0.3 is 15.0 Å². The largest absolute Gasteiger partial charge is 0.492 e. The monoisotopic (exact) mass is 309 g/mol. The lowest BCUT2D eigenvalue weighted by Crippen LogP contribution is -2.29. The van der Waals surface area contributed by atoms with E-state index in [0.717, 1.165) is 12.0 Å². The average molecular weight is 309 g/mol. The minimum atomic E-state index is -0.958. The number of rotatable bonds is 3. The van der Waals surface area contributed by atoms with Crippen molar-refractivity contribution in [2.75, 3.05) is 5.32 Å². The van der Waals surface area contributed by atoms with Gasteiger partial charge in [-0.1, -0.05) is 25.1 Å². The van der Waals surface area contributed by atoms with Crippen LogP contribution in [-0.4, -0.2) is 18.0 Å². The molecule has 4 nitrogen and oxygen atoms in total. The highest BCUT2D eigenvalue weighted by atomic mass is 16.5. The van der Waals surface area contributed by atoms with Crippen LogP contribution >= 0.6 is 0 Å². The molecule has 1 aliphatic rings. The molecule has 0 saturated carbocycles. The van der Waals surface area contributed by atoms with E-state index < -0.39 is 12.7 Å². The molecular formula is C18H20BNO3. The van der Waals surface area contributed by atoms with E-state index in [1.54, 1.807) is 6.07 Å². The number of amides is 1. The smallest absolute Gasteiger partial charge is 0.423 e. The van der Waals surface area contributed by atoms with Gasteiger partial charge in [0.2, 0.25) is 0 Å². The van der Waals surface area contributed by atoms with Crippen molar-refractivity contribution < 1.29 is 14.5 Å². The first kappa shape index (κ1) is 15.8. The van der Waals surface area contributed by atoms with Crippen LogP contribution in [0, 0.1) is 0 Å². The highest BCUT2D eigenvalue weighted by Crippen LogP contribution is 2.30. The van der Waals surface area contributed by atoms with Crippen molar-refractivity contribution >= 4 is 24.2 Å². The average Bonchev–Trinajstić information content (AvgIpc) is 2.76.